The van der Waals surface area contributed by atoms with Gasteiger partial charge < -0.3 is 24.8 Å². The van der Waals surface area contributed by atoms with Gasteiger partial charge in [0.1, 0.15) is 0 Å². The molecule has 0 saturated heterocycles. The summed E-state index contributed by atoms with van der Waals surface area (Å²) in [5.74, 6) is 1.42. The highest BCUT2D eigenvalue weighted by molar-refractivity contribution is 5.87. The van der Waals surface area contributed by atoms with E-state index < -0.39 is 12.1 Å². The predicted octanol–water partition coefficient (Wildman–Crippen LogP) is 2.52. The second-order valence-electron chi connectivity index (χ2n) is 6.77. The Morgan fingerprint density at radius 3 is 1.92 bits per heavy atom. The molecule has 1 aromatic carbocycles. The number of nitrogens with one attached hydrogen (secondary N) is 2. The van der Waals surface area contributed by atoms with E-state index in [2.05, 4.69) is 10.6 Å². The Hall–Kier alpha value is -2.44. The Morgan fingerprint density at radius 2 is 1.56 bits per heavy atom. The monoisotopic (exact) mass is 352 g/mol. The van der Waals surface area contributed by atoms with Crippen molar-refractivity contribution >= 4 is 11.8 Å². The van der Waals surface area contributed by atoms with Crippen LogP contribution < -0.4 is 24.8 Å². The number of amides is 2. The molecule has 25 heavy (non-hydrogen) atoms. The molecule has 1 atom stereocenters. The molecule has 1 aromatic rings. The van der Waals surface area contributed by atoms with E-state index in [-0.39, 0.29) is 17.7 Å². The van der Waals surface area contributed by atoms with Crippen molar-refractivity contribution < 1.29 is 23.8 Å². The van der Waals surface area contributed by atoms with Crippen LogP contribution >= 0.6 is 0 Å². The molecule has 1 rings (SSSR count). The number of Topliss-reactive ketones (excluding diaryl/α,β-unsaturated/α-hetero) is 1. The molecular formula is C18H28N2O5. The summed E-state index contributed by atoms with van der Waals surface area (Å²) in [6.45, 7) is 7.42. The van der Waals surface area contributed by atoms with Crippen LogP contribution in [-0.2, 0) is 11.3 Å². The number of hydrogen-bond acceptors (Lipinski definition) is 5. The van der Waals surface area contributed by atoms with Gasteiger partial charge in [-0.3, -0.25) is 4.79 Å². The molecular weight excluding hydrogens is 324 g/mol. The quantitative estimate of drug-likeness (QED) is 0.787. The maximum absolute atomic E-state index is 12.1. The second kappa shape index (κ2) is 8.60. The average molecular weight is 352 g/mol. The highest BCUT2D eigenvalue weighted by Gasteiger charge is 2.30. The zero-order valence-electron chi connectivity index (χ0n) is 16.0. The fourth-order valence-electron chi connectivity index (χ4n) is 2.53. The van der Waals surface area contributed by atoms with E-state index in [1.807, 2.05) is 20.8 Å². The predicted molar refractivity (Wildman–Crippen MR) is 95.4 cm³/mol. The molecule has 0 bridgehead atoms. The van der Waals surface area contributed by atoms with Gasteiger partial charge in [-0.25, -0.2) is 4.79 Å². The Morgan fingerprint density at radius 1 is 1.04 bits per heavy atom. The summed E-state index contributed by atoms with van der Waals surface area (Å²) < 4.78 is 15.8. The summed E-state index contributed by atoms with van der Waals surface area (Å²) in [7, 11) is 4.59. The molecule has 140 valence electrons. The lowest BCUT2D eigenvalue weighted by Gasteiger charge is -2.29. The maximum Gasteiger partial charge on any atom is 0.315 e. The third kappa shape index (κ3) is 5.55. The molecule has 0 heterocycles. The van der Waals surface area contributed by atoms with Crippen LogP contribution in [0.4, 0.5) is 4.79 Å². The van der Waals surface area contributed by atoms with Crippen molar-refractivity contribution in [1.29, 1.82) is 0 Å². The van der Waals surface area contributed by atoms with E-state index in [0.29, 0.717) is 17.2 Å². The van der Waals surface area contributed by atoms with Crippen LogP contribution in [0.5, 0.6) is 17.2 Å². The third-order valence-electron chi connectivity index (χ3n) is 3.73. The molecule has 7 nitrogen and oxygen atoms in total. The molecule has 1 unspecified atom stereocenters. The van der Waals surface area contributed by atoms with Crippen molar-refractivity contribution in [1.82, 2.24) is 10.6 Å². The number of ether oxygens (including phenoxy) is 3. The van der Waals surface area contributed by atoms with Crippen LogP contribution in [0.1, 0.15) is 33.3 Å². The highest BCUT2D eigenvalue weighted by Crippen LogP contribution is 2.38. The highest BCUT2D eigenvalue weighted by atomic mass is 16.5. The second-order valence-corrected chi connectivity index (χ2v) is 6.77. The summed E-state index contributed by atoms with van der Waals surface area (Å²) in [4.78, 5) is 23.9. The molecule has 7 heteroatoms. The van der Waals surface area contributed by atoms with Crippen LogP contribution in [0.25, 0.3) is 0 Å². The zero-order chi connectivity index (χ0) is 19.2. The molecule has 0 aromatic heterocycles. The molecule has 0 aliphatic heterocycles. The third-order valence-corrected chi connectivity index (χ3v) is 3.73. The fraction of sp³-hybridized carbons (Fsp3) is 0.556. The van der Waals surface area contributed by atoms with E-state index in [1.165, 1.54) is 28.3 Å². The van der Waals surface area contributed by atoms with Crippen molar-refractivity contribution in [3.05, 3.63) is 17.7 Å². The van der Waals surface area contributed by atoms with Gasteiger partial charge >= 0.3 is 6.03 Å². The molecule has 2 N–H and O–H groups in total. The lowest BCUT2D eigenvalue weighted by Crippen LogP contribution is -2.51. The Bertz CT molecular complexity index is 597. The summed E-state index contributed by atoms with van der Waals surface area (Å²) in [5.41, 5.74) is 0.412. The zero-order valence-corrected chi connectivity index (χ0v) is 16.0. The molecule has 0 aliphatic carbocycles. The van der Waals surface area contributed by atoms with Gasteiger partial charge in [0, 0.05) is 6.54 Å². The van der Waals surface area contributed by atoms with Crippen molar-refractivity contribution in [2.75, 3.05) is 21.3 Å². The van der Waals surface area contributed by atoms with Crippen molar-refractivity contribution in [2.24, 2.45) is 5.41 Å². The minimum Gasteiger partial charge on any atom is -0.493 e. The minimum absolute atomic E-state index is 0.0876. The topological polar surface area (TPSA) is 85.9 Å². The van der Waals surface area contributed by atoms with E-state index in [9.17, 15) is 9.59 Å². The average Bonchev–Trinajstić information content (AvgIpc) is 2.55. The number of carbonyl (C=O) groups is 2. The number of hydrogen-bond donors (Lipinski definition) is 2. The van der Waals surface area contributed by atoms with Crippen LogP contribution in [-0.4, -0.2) is 39.2 Å². The van der Waals surface area contributed by atoms with Gasteiger partial charge in [0.25, 0.3) is 0 Å². The Kier molecular flexibility index (Phi) is 7.09. The van der Waals surface area contributed by atoms with Gasteiger partial charge in [-0.2, -0.15) is 0 Å². The first-order valence-electron chi connectivity index (χ1n) is 7.97. The van der Waals surface area contributed by atoms with Crippen molar-refractivity contribution in [2.45, 2.75) is 40.3 Å². The van der Waals surface area contributed by atoms with Gasteiger partial charge in [-0.15, -0.1) is 0 Å². The Labute approximate surface area is 149 Å². The number of ketones is 1. The molecule has 0 radical (unpaired) electrons. The van der Waals surface area contributed by atoms with E-state index in [4.69, 9.17) is 14.2 Å². The van der Waals surface area contributed by atoms with Gasteiger partial charge in [-0.1, -0.05) is 20.8 Å². The number of methoxy groups -OCH3 is 3. The normalized spacial score (nSPS) is 12.1. The van der Waals surface area contributed by atoms with E-state index >= 15 is 0 Å². The van der Waals surface area contributed by atoms with E-state index in [1.54, 1.807) is 12.1 Å². The Balaban J connectivity index is 2.84. The summed E-state index contributed by atoms with van der Waals surface area (Å²) in [6, 6.07) is 2.54. The lowest BCUT2D eigenvalue weighted by molar-refractivity contribution is -0.121. The summed E-state index contributed by atoms with van der Waals surface area (Å²) >= 11 is 0. The number of rotatable bonds is 7. The van der Waals surface area contributed by atoms with E-state index in [0.717, 1.165) is 5.56 Å². The molecule has 0 spiro atoms. The van der Waals surface area contributed by atoms with Crippen LogP contribution in [0.3, 0.4) is 0 Å². The first kappa shape index (κ1) is 20.6. The molecule has 2 amide bonds. The number of benzene rings is 1. The van der Waals surface area contributed by atoms with Crippen LogP contribution in [0, 0.1) is 5.41 Å². The first-order valence-corrected chi connectivity index (χ1v) is 7.97. The smallest absolute Gasteiger partial charge is 0.315 e. The summed E-state index contributed by atoms with van der Waals surface area (Å²) in [6.07, 6.45) is 0. The van der Waals surface area contributed by atoms with Gasteiger partial charge in [0.15, 0.2) is 17.3 Å². The largest absolute Gasteiger partial charge is 0.493 e. The lowest BCUT2D eigenvalue weighted by atomic mass is 9.84. The SMILES string of the molecule is COc1cc(CNC(=O)NC(C(C)=O)C(C)(C)C)cc(OC)c1OC. The number of carbonyl (C=O) groups excluding carboxylic acids is 2. The molecule has 0 saturated carbocycles. The van der Waals surface area contributed by atoms with Crippen LogP contribution in [0.15, 0.2) is 12.1 Å². The standard InChI is InChI=1S/C18H28N2O5/c1-11(21)16(18(2,3)4)20-17(22)19-10-12-8-13(23-5)15(25-7)14(9-12)24-6/h8-9,16H,10H2,1-7H3,(H2,19,20,22). The van der Waals surface area contributed by atoms with Gasteiger partial charge in [0.2, 0.25) is 5.75 Å². The van der Waals surface area contributed by atoms with Gasteiger partial charge in [0.05, 0.1) is 27.4 Å². The molecule has 0 fully saturated rings. The van der Waals surface area contributed by atoms with Crippen molar-refractivity contribution in [3.63, 3.8) is 0 Å². The van der Waals surface area contributed by atoms with Gasteiger partial charge in [-0.05, 0) is 30.0 Å². The fourth-order valence-corrected chi connectivity index (χ4v) is 2.53. The first-order chi connectivity index (χ1) is 11.6. The van der Waals surface area contributed by atoms with Crippen LogP contribution in [0.2, 0.25) is 0 Å². The maximum atomic E-state index is 12.1. The molecule has 0 aliphatic rings. The minimum atomic E-state index is -0.563. The van der Waals surface area contributed by atoms with Crippen molar-refractivity contribution in [3.8, 4) is 17.2 Å². The summed E-state index contributed by atoms with van der Waals surface area (Å²) in [5, 5.41) is 5.46. The number of urea groups is 1.